The van der Waals surface area contributed by atoms with E-state index >= 15 is 0 Å². The summed E-state index contributed by atoms with van der Waals surface area (Å²) in [4.78, 5) is 24.5. The monoisotopic (exact) mass is 254 g/mol. The van der Waals surface area contributed by atoms with Crippen molar-refractivity contribution in [3.05, 3.63) is 17.5 Å². The fraction of sp³-hybridized carbons (Fsp3) is 0.545. The zero-order valence-electron chi connectivity index (χ0n) is 9.96. The summed E-state index contributed by atoms with van der Waals surface area (Å²) in [5.74, 6) is -1.89. The number of carbonyl (C=O) groups is 2. The zero-order chi connectivity index (χ0) is 13.1. The molecule has 7 heteroatoms. The number of ether oxygens (including phenoxy) is 1. The van der Waals surface area contributed by atoms with E-state index in [1.54, 1.807) is 4.90 Å². The number of amides is 1. The van der Waals surface area contributed by atoms with Crippen molar-refractivity contribution >= 4 is 11.9 Å². The Labute approximate surface area is 103 Å². The van der Waals surface area contributed by atoms with Gasteiger partial charge < -0.3 is 19.3 Å². The maximum Gasteiger partial charge on any atom is 0.374 e. The largest absolute Gasteiger partial charge is 0.475 e. The Morgan fingerprint density at radius 3 is 3.00 bits per heavy atom. The van der Waals surface area contributed by atoms with Gasteiger partial charge >= 0.3 is 5.97 Å². The van der Waals surface area contributed by atoms with Crippen LogP contribution < -0.4 is 0 Å². The fourth-order valence-electron chi connectivity index (χ4n) is 1.88. The van der Waals surface area contributed by atoms with Crippen LogP contribution in [0.5, 0.6) is 0 Å². The van der Waals surface area contributed by atoms with Gasteiger partial charge in [0.1, 0.15) is 0 Å². The van der Waals surface area contributed by atoms with Crippen LogP contribution in [0.1, 0.15) is 34.4 Å². The van der Waals surface area contributed by atoms with Crippen molar-refractivity contribution in [2.45, 2.75) is 19.4 Å². The van der Waals surface area contributed by atoms with Crippen molar-refractivity contribution in [3.8, 4) is 0 Å². The van der Waals surface area contributed by atoms with E-state index in [-0.39, 0.29) is 23.4 Å². The average molecular weight is 254 g/mol. The molecule has 0 bridgehead atoms. The second-order valence-electron chi connectivity index (χ2n) is 4.02. The minimum absolute atomic E-state index is 0.00349. The molecule has 1 aliphatic rings. The lowest BCUT2D eigenvalue weighted by Gasteiger charge is -2.34. The molecule has 2 heterocycles. The Morgan fingerprint density at radius 2 is 2.39 bits per heavy atom. The van der Waals surface area contributed by atoms with Gasteiger partial charge in [0, 0.05) is 12.6 Å². The summed E-state index contributed by atoms with van der Waals surface area (Å²) >= 11 is 0. The molecule has 1 aliphatic heterocycles. The number of hydrogen-bond donors (Lipinski definition) is 1. The van der Waals surface area contributed by atoms with Crippen LogP contribution in [-0.4, -0.2) is 52.8 Å². The molecule has 1 aromatic rings. The second-order valence-corrected chi connectivity index (χ2v) is 4.02. The van der Waals surface area contributed by atoms with Gasteiger partial charge in [0.15, 0.2) is 5.69 Å². The molecule has 0 spiro atoms. The molecule has 2 rings (SSSR count). The quantitative estimate of drug-likeness (QED) is 0.850. The average Bonchev–Trinajstić information content (AvgIpc) is 2.87. The van der Waals surface area contributed by atoms with Crippen molar-refractivity contribution in [1.82, 2.24) is 10.1 Å². The number of hydrogen-bond acceptors (Lipinski definition) is 5. The van der Waals surface area contributed by atoms with Crippen LogP contribution in [0, 0.1) is 0 Å². The summed E-state index contributed by atoms with van der Waals surface area (Å²) in [6.07, 6.45) is 0.773. The highest BCUT2D eigenvalue weighted by molar-refractivity contribution is 5.95. The van der Waals surface area contributed by atoms with E-state index in [0.29, 0.717) is 19.8 Å². The number of nitrogens with zero attached hydrogens (tertiary/aromatic N) is 2. The Kier molecular flexibility index (Phi) is 3.61. The first kappa shape index (κ1) is 12.6. The van der Waals surface area contributed by atoms with Gasteiger partial charge in [-0.2, -0.15) is 0 Å². The molecule has 0 saturated carbocycles. The molecule has 1 atom stereocenters. The SMILES string of the molecule is CCC1COCCN1C(=O)c1cc(C(=O)O)on1. The van der Waals surface area contributed by atoms with E-state index in [2.05, 4.69) is 9.68 Å². The van der Waals surface area contributed by atoms with Gasteiger partial charge in [-0.3, -0.25) is 4.79 Å². The van der Waals surface area contributed by atoms with E-state index < -0.39 is 5.97 Å². The van der Waals surface area contributed by atoms with Gasteiger partial charge in [0.2, 0.25) is 5.76 Å². The molecule has 1 fully saturated rings. The highest BCUT2D eigenvalue weighted by atomic mass is 16.5. The van der Waals surface area contributed by atoms with Crippen LogP contribution in [0.3, 0.4) is 0 Å². The Morgan fingerprint density at radius 1 is 1.61 bits per heavy atom. The van der Waals surface area contributed by atoms with Gasteiger partial charge in [-0.1, -0.05) is 12.1 Å². The molecular weight excluding hydrogens is 240 g/mol. The summed E-state index contributed by atoms with van der Waals surface area (Å²) < 4.78 is 9.88. The minimum Gasteiger partial charge on any atom is -0.475 e. The van der Waals surface area contributed by atoms with Gasteiger partial charge in [-0.15, -0.1) is 0 Å². The van der Waals surface area contributed by atoms with E-state index in [1.165, 1.54) is 0 Å². The van der Waals surface area contributed by atoms with Crippen LogP contribution in [0.15, 0.2) is 10.6 Å². The lowest BCUT2D eigenvalue weighted by molar-refractivity contribution is -0.00330. The number of aromatic nitrogens is 1. The minimum atomic E-state index is -1.24. The molecule has 18 heavy (non-hydrogen) atoms. The van der Waals surface area contributed by atoms with Gasteiger partial charge in [0.25, 0.3) is 5.91 Å². The van der Waals surface area contributed by atoms with Crippen LogP contribution in [0.4, 0.5) is 0 Å². The molecule has 0 aliphatic carbocycles. The van der Waals surface area contributed by atoms with E-state index in [9.17, 15) is 9.59 Å². The van der Waals surface area contributed by atoms with Crippen LogP contribution in [0.2, 0.25) is 0 Å². The van der Waals surface area contributed by atoms with E-state index in [4.69, 9.17) is 9.84 Å². The maximum absolute atomic E-state index is 12.2. The van der Waals surface area contributed by atoms with Crippen LogP contribution in [0.25, 0.3) is 0 Å². The number of rotatable bonds is 3. The van der Waals surface area contributed by atoms with Crippen molar-refractivity contribution < 1.29 is 24.0 Å². The lowest BCUT2D eigenvalue weighted by atomic mass is 10.1. The molecule has 7 nitrogen and oxygen atoms in total. The molecule has 98 valence electrons. The first-order valence-corrected chi connectivity index (χ1v) is 5.72. The number of carboxylic acids is 1. The lowest BCUT2D eigenvalue weighted by Crippen LogP contribution is -2.48. The Hall–Kier alpha value is -1.89. The van der Waals surface area contributed by atoms with Crippen LogP contribution in [-0.2, 0) is 4.74 Å². The van der Waals surface area contributed by atoms with E-state index in [1.807, 2.05) is 6.92 Å². The summed E-state index contributed by atoms with van der Waals surface area (Å²) in [5, 5.41) is 12.2. The summed E-state index contributed by atoms with van der Waals surface area (Å²) in [5.41, 5.74) is 0.0211. The Bertz CT molecular complexity index is 456. The highest BCUT2D eigenvalue weighted by Crippen LogP contribution is 2.15. The maximum atomic E-state index is 12.2. The molecule has 0 radical (unpaired) electrons. The van der Waals surface area contributed by atoms with Crippen LogP contribution >= 0.6 is 0 Å². The van der Waals surface area contributed by atoms with Gasteiger partial charge in [-0.05, 0) is 6.42 Å². The number of carboxylic acid groups (broad SMARTS) is 1. The van der Waals surface area contributed by atoms with Crippen molar-refractivity contribution in [2.75, 3.05) is 19.8 Å². The van der Waals surface area contributed by atoms with Crippen molar-refractivity contribution in [1.29, 1.82) is 0 Å². The van der Waals surface area contributed by atoms with Gasteiger partial charge in [-0.25, -0.2) is 4.79 Å². The third-order valence-electron chi connectivity index (χ3n) is 2.90. The molecule has 1 amide bonds. The number of aromatic carboxylic acids is 1. The third-order valence-corrected chi connectivity index (χ3v) is 2.90. The third kappa shape index (κ3) is 2.35. The second kappa shape index (κ2) is 5.18. The molecule has 1 unspecified atom stereocenters. The smallest absolute Gasteiger partial charge is 0.374 e. The molecule has 1 saturated heterocycles. The molecule has 1 aromatic heterocycles. The standard InChI is InChI=1S/C11H14N2O5/c1-2-7-6-17-4-3-13(7)10(14)8-5-9(11(15)16)18-12-8/h5,7H,2-4,6H2,1H3,(H,15,16). The number of morpholine rings is 1. The van der Waals surface area contributed by atoms with Gasteiger partial charge in [0.05, 0.1) is 19.3 Å². The molecular formula is C11H14N2O5. The first-order valence-electron chi connectivity index (χ1n) is 5.72. The fourth-order valence-corrected chi connectivity index (χ4v) is 1.88. The summed E-state index contributed by atoms with van der Waals surface area (Å²) in [6, 6.07) is 1.14. The molecule has 0 aromatic carbocycles. The van der Waals surface area contributed by atoms with Crippen molar-refractivity contribution in [2.24, 2.45) is 0 Å². The predicted octanol–water partition coefficient (Wildman–Crippen LogP) is 0.624. The molecule has 1 N–H and O–H groups in total. The van der Waals surface area contributed by atoms with Crippen molar-refractivity contribution in [3.63, 3.8) is 0 Å². The Balaban J connectivity index is 2.15. The topological polar surface area (TPSA) is 92.9 Å². The highest BCUT2D eigenvalue weighted by Gasteiger charge is 2.29. The van der Waals surface area contributed by atoms with E-state index in [0.717, 1.165) is 12.5 Å². The first-order chi connectivity index (χ1) is 8.63. The normalized spacial score (nSPS) is 19.8. The zero-order valence-corrected chi connectivity index (χ0v) is 9.96. The summed E-state index contributed by atoms with van der Waals surface area (Å²) in [6.45, 7) is 3.41. The number of carbonyl (C=O) groups excluding carboxylic acids is 1. The predicted molar refractivity (Wildman–Crippen MR) is 59.4 cm³/mol. The summed E-state index contributed by atoms with van der Waals surface area (Å²) in [7, 11) is 0.